The summed E-state index contributed by atoms with van der Waals surface area (Å²) in [5, 5.41) is 7.95. The largest absolute Gasteiger partial charge is 0.323 e. The van der Waals surface area contributed by atoms with Gasteiger partial charge in [0.15, 0.2) is 0 Å². The van der Waals surface area contributed by atoms with Crippen LogP contribution in [0.4, 0.5) is 0 Å². The van der Waals surface area contributed by atoms with Gasteiger partial charge in [0.1, 0.15) is 0 Å². The molecule has 1 saturated carbocycles. The normalized spacial score (nSPS) is 20.2. The molecule has 1 atom stereocenters. The highest BCUT2D eigenvalue weighted by Crippen LogP contribution is 2.33. The lowest BCUT2D eigenvalue weighted by Crippen LogP contribution is -2.04. The van der Waals surface area contributed by atoms with Gasteiger partial charge in [-0.1, -0.05) is 5.21 Å². The predicted octanol–water partition coefficient (Wildman–Crippen LogP) is 0.633. The molecule has 0 spiro atoms. The second-order valence-electron chi connectivity index (χ2n) is 3.14. The zero-order valence-corrected chi connectivity index (χ0v) is 6.57. The zero-order chi connectivity index (χ0) is 7.84. The van der Waals surface area contributed by atoms with E-state index >= 15 is 0 Å². The van der Waals surface area contributed by atoms with E-state index in [0.29, 0.717) is 6.04 Å². The zero-order valence-electron chi connectivity index (χ0n) is 6.57. The number of aromatic nitrogens is 3. The third kappa shape index (κ3) is 1.26. The first kappa shape index (κ1) is 6.79. The molecule has 0 unspecified atom stereocenters. The van der Waals surface area contributed by atoms with Crippen molar-refractivity contribution in [3.8, 4) is 0 Å². The standard InChI is InChI=1S/C7H12N4/c1-5(8)7-4-11(10-9-7)6-2-3-6/h4-6H,2-3,8H2,1H3/t5-/m0/s1. The first-order chi connectivity index (χ1) is 5.27. The maximum absolute atomic E-state index is 5.63. The van der Waals surface area contributed by atoms with Gasteiger partial charge in [0.25, 0.3) is 0 Å². The summed E-state index contributed by atoms with van der Waals surface area (Å²) in [6.45, 7) is 1.92. The minimum Gasteiger partial charge on any atom is -0.323 e. The van der Waals surface area contributed by atoms with Crippen molar-refractivity contribution < 1.29 is 0 Å². The van der Waals surface area contributed by atoms with Gasteiger partial charge < -0.3 is 5.73 Å². The Morgan fingerprint density at radius 1 is 1.73 bits per heavy atom. The van der Waals surface area contributed by atoms with Crippen molar-refractivity contribution in [2.45, 2.75) is 31.8 Å². The summed E-state index contributed by atoms with van der Waals surface area (Å²) < 4.78 is 1.92. The Morgan fingerprint density at radius 3 is 2.91 bits per heavy atom. The van der Waals surface area contributed by atoms with Crippen LogP contribution in [0.5, 0.6) is 0 Å². The molecular weight excluding hydrogens is 140 g/mol. The van der Waals surface area contributed by atoms with Crippen LogP contribution in [-0.4, -0.2) is 15.0 Å². The molecule has 1 aromatic heterocycles. The molecule has 1 aliphatic rings. The molecule has 1 aromatic rings. The van der Waals surface area contributed by atoms with E-state index in [0.717, 1.165) is 5.69 Å². The van der Waals surface area contributed by atoms with Crippen molar-refractivity contribution in [3.63, 3.8) is 0 Å². The molecule has 4 nitrogen and oxygen atoms in total. The maximum atomic E-state index is 5.63. The molecule has 0 aromatic carbocycles. The first-order valence-corrected chi connectivity index (χ1v) is 3.94. The van der Waals surface area contributed by atoms with E-state index in [1.54, 1.807) is 0 Å². The number of rotatable bonds is 2. The molecule has 1 heterocycles. The van der Waals surface area contributed by atoms with Gasteiger partial charge in [-0.2, -0.15) is 0 Å². The Hall–Kier alpha value is -0.900. The van der Waals surface area contributed by atoms with Gasteiger partial charge in [-0.25, -0.2) is 4.68 Å². The van der Waals surface area contributed by atoms with Gasteiger partial charge in [-0.15, -0.1) is 5.10 Å². The van der Waals surface area contributed by atoms with Crippen LogP contribution < -0.4 is 5.73 Å². The molecule has 60 valence electrons. The number of hydrogen-bond acceptors (Lipinski definition) is 3. The van der Waals surface area contributed by atoms with E-state index in [9.17, 15) is 0 Å². The average Bonchev–Trinajstić information content (AvgIpc) is 2.68. The van der Waals surface area contributed by atoms with Crippen molar-refractivity contribution in [2.24, 2.45) is 5.73 Å². The van der Waals surface area contributed by atoms with Gasteiger partial charge >= 0.3 is 0 Å². The summed E-state index contributed by atoms with van der Waals surface area (Å²) in [5.74, 6) is 0. The number of nitrogens with two attached hydrogens (primary N) is 1. The molecule has 1 fully saturated rings. The fourth-order valence-electron chi connectivity index (χ4n) is 1.02. The molecule has 0 amide bonds. The van der Waals surface area contributed by atoms with Crippen LogP contribution in [-0.2, 0) is 0 Å². The summed E-state index contributed by atoms with van der Waals surface area (Å²) in [5.41, 5.74) is 6.52. The highest BCUT2D eigenvalue weighted by molar-refractivity contribution is 4.99. The van der Waals surface area contributed by atoms with Crippen LogP contribution in [0.2, 0.25) is 0 Å². The summed E-state index contributed by atoms with van der Waals surface area (Å²) in [6.07, 6.45) is 4.42. The monoisotopic (exact) mass is 152 g/mol. The summed E-state index contributed by atoms with van der Waals surface area (Å²) in [4.78, 5) is 0. The van der Waals surface area contributed by atoms with Gasteiger partial charge in [0, 0.05) is 6.04 Å². The lowest BCUT2D eigenvalue weighted by Gasteiger charge is -1.95. The SMILES string of the molecule is C[C@H](N)c1cn(C2CC2)nn1. The molecule has 0 saturated heterocycles. The Labute approximate surface area is 65.4 Å². The molecule has 0 aliphatic heterocycles. The van der Waals surface area contributed by atoms with E-state index in [1.165, 1.54) is 12.8 Å². The smallest absolute Gasteiger partial charge is 0.0991 e. The van der Waals surface area contributed by atoms with E-state index in [1.807, 2.05) is 17.8 Å². The second-order valence-corrected chi connectivity index (χ2v) is 3.14. The molecular formula is C7H12N4. The van der Waals surface area contributed by atoms with Crippen LogP contribution in [0, 0.1) is 0 Å². The van der Waals surface area contributed by atoms with E-state index < -0.39 is 0 Å². The van der Waals surface area contributed by atoms with Gasteiger partial charge in [0.05, 0.1) is 17.9 Å². The Balaban J connectivity index is 2.18. The summed E-state index contributed by atoms with van der Waals surface area (Å²) in [6, 6.07) is 0.609. The Kier molecular flexibility index (Phi) is 1.42. The van der Waals surface area contributed by atoms with Crippen molar-refractivity contribution in [1.29, 1.82) is 0 Å². The molecule has 2 rings (SSSR count). The quantitative estimate of drug-likeness (QED) is 0.676. The lowest BCUT2D eigenvalue weighted by molar-refractivity contribution is 0.610. The summed E-state index contributed by atoms with van der Waals surface area (Å²) >= 11 is 0. The van der Waals surface area contributed by atoms with E-state index in [2.05, 4.69) is 10.3 Å². The molecule has 0 bridgehead atoms. The number of nitrogens with zero attached hydrogens (tertiary/aromatic N) is 3. The minimum atomic E-state index is 0.00231. The Morgan fingerprint density at radius 2 is 2.45 bits per heavy atom. The van der Waals surface area contributed by atoms with E-state index in [-0.39, 0.29) is 6.04 Å². The van der Waals surface area contributed by atoms with Crippen molar-refractivity contribution in [1.82, 2.24) is 15.0 Å². The average molecular weight is 152 g/mol. The van der Waals surface area contributed by atoms with Crippen LogP contribution in [0.1, 0.15) is 37.5 Å². The van der Waals surface area contributed by atoms with Crippen molar-refractivity contribution in [3.05, 3.63) is 11.9 Å². The summed E-state index contributed by atoms with van der Waals surface area (Å²) in [7, 11) is 0. The van der Waals surface area contributed by atoms with Crippen LogP contribution in [0.3, 0.4) is 0 Å². The van der Waals surface area contributed by atoms with Crippen LogP contribution >= 0.6 is 0 Å². The minimum absolute atomic E-state index is 0.00231. The predicted molar refractivity (Wildman–Crippen MR) is 40.9 cm³/mol. The first-order valence-electron chi connectivity index (χ1n) is 3.94. The third-order valence-corrected chi connectivity index (χ3v) is 1.92. The third-order valence-electron chi connectivity index (χ3n) is 1.92. The van der Waals surface area contributed by atoms with Gasteiger partial charge in [-0.3, -0.25) is 0 Å². The van der Waals surface area contributed by atoms with Crippen molar-refractivity contribution >= 4 is 0 Å². The molecule has 4 heteroatoms. The topological polar surface area (TPSA) is 56.7 Å². The lowest BCUT2D eigenvalue weighted by atomic mass is 10.3. The fourth-order valence-corrected chi connectivity index (χ4v) is 1.02. The molecule has 11 heavy (non-hydrogen) atoms. The van der Waals surface area contributed by atoms with Crippen molar-refractivity contribution in [2.75, 3.05) is 0 Å². The molecule has 1 aliphatic carbocycles. The molecule has 0 radical (unpaired) electrons. The van der Waals surface area contributed by atoms with Gasteiger partial charge in [-0.05, 0) is 19.8 Å². The Bertz CT molecular complexity index is 232. The highest BCUT2D eigenvalue weighted by atomic mass is 15.4. The van der Waals surface area contributed by atoms with E-state index in [4.69, 9.17) is 5.73 Å². The van der Waals surface area contributed by atoms with Crippen LogP contribution in [0.15, 0.2) is 6.20 Å². The fraction of sp³-hybridized carbons (Fsp3) is 0.714. The highest BCUT2D eigenvalue weighted by Gasteiger charge is 2.25. The van der Waals surface area contributed by atoms with Gasteiger partial charge in [0.2, 0.25) is 0 Å². The maximum Gasteiger partial charge on any atom is 0.0991 e. The number of hydrogen-bond donors (Lipinski definition) is 1. The second kappa shape index (κ2) is 2.30. The van der Waals surface area contributed by atoms with Crippen LogP contribution in [0.25, 0.3) is 0 Å². The molecule has 2 N–H and O–H groups in total.